The molecule has 0 N–H and O–H groups in total. The molecule has 2 aliphatic rings. The quantitative estimate of drug-likeness (QED) is 0.156. The minimum Gasteiger partial charge on any atom is -0.135 e. The van der Waals surface area contributed by atoms with Crippen molar-refractivity contribution in [3.8, 4) is 33.4 Å². The maximum atomic E-state index is 4.82. The molecule has 10 aromatic rings. The van der Waals surface area contributed by atoms with E-state index in [2.05, 4.69) is 198 Å². The van der Waals surface area contributed by atoms with Crippen LogP contribution in [-0.2, 0) is 10.8 Å². The normalized spacial score (nSPS) is 15.6. The fraction of sp³-hybridized carbons (Fsp3) is 0.100. The van der Waals surface area contributed by atoms with Crippen molar-refractivity contribution in [2.24, 2.45) is 0 Å². The van der Waals surface area contributed by atoms with Gasteiger partial charge in [0.2, 0.25) is 0 Å². The summed E-state index contributed by atoms with van der Waals surface area (Å²) >= 11 is 1.95. The lowest BCUT2D eigenvalue weighted by Crippen LogP contribution is -2.15. The van der Waals surface area contributed by atoms with E-state index >= 15 is 0 Å². The number of hydrogen-bond donors (Lipinski definition) is 0. The van der Waals surface area contributed by atoms with E-state index in [-0.39, 0.29) is 10.8 Å². The second-order valence-corrected chi connectivity index (χ2v) is 19.2. The highest BCUT2D eigenvalue weighted by Crippen LogP contribution is 2.58. The van der Waals surface area contributed by atoms with Gasteiger partial charge in [0.15, 0.2) is 0 Å². The molecule has 0 aliphatic heterocycles. The first-order chi connectivity index (χ1) is 29.6. The van der Waals surface area contributed by atoms with Gasteiger partial charge in [-0.25, -0.2) is 0 Å². The van der Waals surface area contributed by atoms with E-state index in [4.69, 9.17) is 13.2 Å². The maximum Gasteiger partial charge on any atom is 0.0408 e. The number of allylic oxidation sites excluding steroid dienone is 4. The average molecular weight is 797 g/mol. The zero-order valence-electron chi connectivity index (χ0n) is 35.0. The van der Waals surface area contributed by atoms with E-state index < -0.39 is 0 Å². The Labute approximate surface area is 361 Å². The molecule has 0 spiro atoms. The Morgan fingerprint density at radius 1 is 0.492 bits per heavy atom. The Bertz CT molecular complexity index is 3550. The van der Waals surface area contributed by atoms with E-state index in [9.17, 15) is 0 Å². The molecule has 1 heteroatoms. The second-order valence-electron chi connectivity index (χ2n) is 18.1. The number of rotatable bonds is 4. The van der Waals surface area contributed by atoms with Crippen molar-refractivity contribution in [1.82, 2.24) is 0 Å². The van der Waals surface area contributed by atoms with Gasteiger partial charge in [-0.1, -0.05) is 193 Å². The van der Waals surface area contributed by atoms with Crippen molar-refractivity contribution in [1.29, 1.82) is 0 Å². The van der Waals surface area contributed by atoms with Crippen LogP contribution in [0.15, 0.2) is 189 Å². The molecular weight excluding hydrogens is 753 g/mol. The molecule has 0 saturated carbocycles. The zero-order valence-corrected chi connectivity index (χ0v) is 35.8. The van der Waals surface area contributed by atoms with Crippen LogP contribution < -0.4 is 0 Å². The highest BCUT2D eigenvalue weighted by molar-refractivity contribution is 7.26. The molecule has 0 fully saturated rings. The largest absolute Gasteiger partial charge is 0.135 e. The Kier molecular flexibility index (Phi) is 7.60. The number of thiophene rings is 1. The molecule has 0 radical (unpaired) electrons. The van der Waals surface area contributed by atoms with Crippen LogP contribution in [0.4, 0.5) is 0 Å². The zero-order chi connectivity index (χ0) is 41.4. The van der Waals surface area contributed by atoms with Crippen LogP contribution in [0, 0.1) is 0 Å². The summed E-state index contributed by atoms with van der Waals surface area (Å²) in [6.07, 6.45) is 2.33. The van der Waals surface area contributed by atoms with E-state index in [1.807, 2.05) is 11.3 Å². The van der Waals surface area contributed by atoms with Crippen molar-refractivity contribution in [2.45, 2.75) is 38.5 Å². The SMILES string of the molecule is C=C1/C(=C\C(=C)c2c3ccccc3c(-c3ccccc3)c3ccccc23)C(C)(C)c2cc(-c3ccc4c(c3)-c3c(c5sc6ccccc6c5c5ccccc35)C4(C)C)ccc21. The van der Waals surface area contributed by atoms with Crippen molar-refractivity contribution < 1.29 is 0 Å². The highest BCUT2D eigenvalue weighted by atomic mass is 32.1. The Morgan fingerprint density at radius 3 is 1.74 bits per heavy atom. The summed E-state index contributed by atoms with van der Waals surface area (Å²) in [5.41, 5.74) is 17.2. The first kappa shape index (κ1) is 36.1. The lowest BCUT2D eigenvalue weighted by atomic mass is 9.79. The predicted molar refractivity (Wildman–Crippen MR) is 266 cm³/mol. The van der Waals surface area contributed by atoms with Gasteiger partial charge < -0.3 is 0 Å². The standard InChI is InChI=1S/C60H44S/c1-35(53-41-20-10-12-22-43(41)54(37-18-8-7-9-19-37)44-23-13-11-21-42(44)53)32-50-36(2)40-30-28-39(34-51(40)59(50,3)4)38-29-31-49-48(33-38)55-45-24-14-15-25-46(45)56-47-26-16-17-27-52(47)61-58(56)57(55)60(49,5)6/h7-34H,1-2H2,3-6H3/b50-32+. The van der Waals surface area contributed by atoms with Gasteiger partial charge in [-0.05, 0) is 128 Å². The van der Waals surface area contributed by atoms with Gasteiger partial charge in [0, 0.05) is 31.0 Å². The summed E-state index contributed by atoms with van der Waals surface area (Å²) in [6, 6.07) is 60.7. The van der Waals surface area contributed by atoms with E-state index in [0.29, 0.717) is 0 Å². The summed E-state index contributed by atoms with van der Waals surface area (Å²) in [5, 5.41) is 10.3. The van der Waals surface area contributed by atoms with Crippen molar-refractivity contribution >= 4 is 75.0 Å². The van der Waals surface area contributed by atoms with Crippen LogP contribution in [0.3, 0.4) is 0 Å². The fourth-order valence-corrected chi connectivity index (χ4v) is 12.6. The van der Waals surface area contributed by atoms with Crippen molar-refractivity contribution in [2.75, 3.05) is 0 Å². The van der Waals surface area contributed by atoms with Gasteiger partial charge >= 0.3 is 0 Å². The maximum absolute atomic E-state index is 4.82. The molecule has 290 valence electrons. The molecule has 61 heavy (non-hydrogen) atoms. The van der Waals surface area contributed by atoms with Gasteiger partial charge in [0.25, 0.3) is 0 Å². The van der Waals surface area contributed by atoms with Crippen LogP contribution in [-0.4, -0.2) is 0 Å². The molecule has 0 atom stereocenters. The molecule has 2 aliphatic carbocycles. The van der Waals surface area contributed by atoms with Crippen LogP contribution in [0.5, 0.6) is 0 Å². The summed E-state index contributed by atoms with van der Waals surface area (Å²) in [4.78, 5) is 0. The van der Waals surface area contributed by atoms with Gasteiger partial charge in [0.1, 0.15) is 0 Å². The molecule has 0 nitrogen and oxygen atoms in total. The number of benzene rings is 9. The highest BCUT2D eigenvalue weighted by Gasteiger charge is 2.41. The third-order valence-corrected chi connectivity index (χ3v) is 15.3. The molecule has 0 bridgehead atoms. The third kappa shape index (κ3) is 4.99. The average Bonchev–Trinajstić information content (AvgIpc) is 3.85. The van der Waals surface area contributed by atoms with Crippen LogP contribution in [0.1, 0.15) is 55.5 Å². The van der Waals surface area contributed by atoms with Crippen LogP contribution >= 0.6 is 11.3 Å². The molecule has 0 saturated heterocycles. The summed E-state index contributed by atoms with van der Waals surface area (Å²) in [7, 11) is 0. The lowest BCUT2D eigenvalue weighted by Gasteiger charge is -2.24. The smallest absolute Gasteiger partial charge is 0.0408 e. The molecule has 9 aromatic carbocycles. The Balaban J connectivity index is 0.979. The molecule has 12 rings (SSSR count). The van der Waals surface area contributed by atoms with Crippen LogP contribution in [0.25, 0.3) is 97.0 Å². The fourth-order valence-electron chi connectivity index (χ4n) is 11.2. The summed E-state index contributed by atoms with van der Waals surface area (Å²) in [5.74, 6) is 0. The van der Waals surface area contributed by atoms with E-state index in [1.54, 1.807) is 0 Å². The molecule has 1 aromatic heterocycles. The molecular formula is C60H44S. The molecule has 1 heterocycles. The van der Waals surface area contributed by atoms with Gasteiger partial charge in [-0.15, -0.1) is 11.3 Å². The summed E-state index contributed by atoms with van der Waals surface area (Å²) in [6.45, 7) is 19.1. The van der Waals surface area contributed by atoms with Crippen molar-refractivity contribution in [3.63, 3.8) is 0 Å². The molecule has 0 unspecified atom stereocenters. The predicted octanol–water partition coefficient (Wildman–Crippen LogP) is 17.1. The minimum absolute atomic E-state index is 0.134. The number of hydrogen-bond acceptors (Lipinski definition) is 1. The lowest BCUT2D eigenvalue weighted by molar-refractivity contribution is 0.661. The first-order valence-corrected chi connectivity index (χ1v) is 22.2. The van der Waals surface area contributed by atoms with E-state index in [1.165, 1.54) is 119 Å². The van der Waals surface area contributed by atoms with Crippen molar-refractivity contribution in [3.05, 3.63) is 216 Å². The van der Waals surface area contributed by atoms with Gasteiger partial charge in [-0.2, -0.15) is 0 Å². The number of fused-ring (bicyclic) bond motifs is 13. The van der Waals surface area contributed by atoms with E-state index in [0.717, 1.165) is 11.1 Å². The third-order valence-electron chi connectivity index (χ3n) is 14.1. The molecule has 0 amide bonds. The first-order valence-electron chi connectivity index (χ1n) is 21.4. The summed E-state index contributed by atoms with van der Waals surface area (Å²) < 4.78 is 2.77. The monoisotopic (exact) mass is 796 g/mol. The Morgan fingerprint density at radius 2 is 1.05 bits per heavy atom. The van der Waals surface area contributed by atoms with Crippen LogP contribution in [0.2, 0.25) is 0 Å². The van der Waals surface area contributed by atoms with Gasteiger partial charge in [0.05, 0.1) is 0 Å². The topological polar surface area (TPSA) is 0 Å². The minimum atomic E-state index is -0.282. The van der Waals surface area contributed by atoms with Gasteiger partial charge in [-0.3, -0.25) is 0 Å². The Hall–Kier alpha value is -6.80. The second kappa shape index (κ2) is 12.9.